The number of piperidine rings is 1. The van der Waals surface area contributed by atoms with Gasteiger partial charge in [-0.1, -0.05) is 27.7 Å². The molecule has 3 rings (SSSR count). The first-order chi connectivity index (χ1) is 16.2. The van der Waals surface area contributed by atoms with Gasteiger partial charge in [-0.05, 0) is 47.9 Å². The lowest BCUT2D eigenvalue weighted by Gasteiger charge is -2.47. The summed E-state index contributed by atoms with van der Waals surface area (Å²) in [7, 11) is 3.28. The minimum atomic E-state index is -0.798. The van der Waals surface area contributed by atoms with Crippen LogP contribution >= 0.6 is 0 Å². The minimum absolute atomic E-state index is 0.119. The summed E-state index contributed by atoms with van der Waals surface area (Å²) in [4.78, 5) is 26.6. The van der Waals surface area contributed by atoms with Gasteiger partial charge in [-0.2, -0.15) is 0 Å². The molecular weight excluding hydrogens is 438 g/mol. The highest BCUT2D eigenvalue weighted by Crippen LogP contribution is 2.44. The molecule has 2 aliphatic rings. The molecule has 0 aromatic heterocycles. The number of carbonyl (C=O) groups is 2. The van der Waals surface area contributed by atoms with Crippen molar-refractivity contribution < 1.29 is 33.3 Å². The molecule has 0 N–H and O–H groups in total. The molecular formula is C26H39NO7. The van der Waals surface area contributed by atoms with Gasteiger partial charge in [0.2, 0.25) is 6.79 Å². The topological polar surface area (TPSA) is 83.5 Å². The fourth-order valence-electron chi connectivity index (χ4n) is 5.08. The van der Waals surface area contributed by atoms with E-state index in [0.717, 1.165) is 31.7 Å². The number of benzene rings is 1. The van der Waals surface area contributed by atoms with Gasteiger partial charge in [0.1, 0.15) is 6.10 Å². The van der Waals surface area contributed by atoms with E-state index in [1.165, 1.54) is 11.1 Å². The smallest absolute Gasteiger partial charge is 0.493 e. The molecule has 3 atom stereocenters. The molecule has 1 aromatic carbocycles. The number of rotatable bonds is 9. The maximum atomic E-state index is 12.5. The molecule has 2 aliphatic heterocycles. The molecule has 8 heteroatoms. The highest BCUT2D eigenvalue weighted by atomic mass is 16.8. The summed E-state index contributed by atoms with van der Waals surface area (Å²) in [6.07, 6.45) is 1.75. The maximum Gasteiger partial charge on any atom is 0.511 e. The van der Waals surface area contributed by atoms with Crippen LogP contribution in [0.4, 0.5) is 4.79 Å². The van der Waals surface area contributed by atoms with E-state index in [1.807, 2.05) is 13.8 Å². The molecule has 0 radical (unpaired) electrons. The standard InChI is InChI=1S/C26H39NO7/c1-16(2)9-19-14-27-8-7-18-11-23(30-5)24(31-6)12-20(18)21(27)13-22(19)34-26(29)33-15-32-25(28)10-17(3)4/h11-12,16-17,19,21-22H,7-10,13-15H2,1-6H3/t19-,21-,22-/m1/s1. The van der Waals surface area contributed by atoms with E-state index in [4.69, 9.17) is 23.7 Å². The predicted molar refractivity (Wildman–Crippen MR) is 127 cm³/mol. The Kier molecular flexibility index (Phi) is 9.05. The number of methoxy groups -OCH3 is 2. The van der Waals surface area contributed by atoms with Crippen LogP contribution in [0.25, 0.3) is 0 Å². The largest absolute Gasteiger partial charge is 0.511 e. The lowest BCUT2D eigenvalue weighted by Crippen LogP contribution is -2.49. The monoisotopic (exact) mass is 477 g/mol. The Bertz CT molecular complexity index is 854. The second kappa shape index (κ2) is 11.8. The van der Waals surface area contributed by atoms with Crippen LogP contribution < -0.4 is 9.47 Å². The van der Waals surface area contributed by atoms with Gasteiger partial charge in [-0.15, -0.1) is 0 Å². The zero-order chi connectivity index (χ0) is 24.8. The number of carbonyl (C=O) groups excluding carboxylic acids is 2. The van der Waals surface area contributed by atoms with Crippen molar-refractivity contribution in [2.45, 2.75) is 65.5 Å². The Morgan fingerprint density at radius 1 is 1.03 bits per heavy atom. The van der Waals surface area contributed by atoms with Gasteiger partial charge in [0.15, 0.2) is 11.5 Å². The van der Waals surface area contributed by atoms with Gasteiger partial charge >= 0.3 is 12.1 Å². The average molecular weight is 478 g/mol. The van der Waals surface area contributed by atoms with Gasteiger partial charge in [0.25, 0.3) is 0 Å². The van der Waals surface area contributed by atoms with E-state index in [9.17, 15) is 9.59 Å². The maximum absolute atomic E-state index is 12.5. The van der Waals surface area contributed by atoms with E-state index in [-0.39, 0.29) is 30.4 Å². The molecule has 0 unspecified atom stereocenters. The molecule has 0 saturated carbocycles. The third-order valence-electron chi connectivity index (χ3n) is 6.56. The van der Waals surface area contributed by atoms with Crippen molar-refractivity contribution in [3.63, 3.8) is 0 Å². The van der Waals surface area contributed by atoms with E-state index < -0.39 is 18.9 Å². The predicted octanol–water partition coefficient (Wildman–Crippen LogP) is 4.74. The SMILES string of the molecule is COc1cc2c(cc1OC)[C@H]1C[C@@H](OC(=O)OCOC(=O)CC(C)C)[C@H](CC(C)C)CN1CC2. The van der Waals surface area contributed by atoms with Crippen LogP contribution in [-0.2, 0) is 25.4 Å². The molecule has 190 valence electrons. The molecule has 0 spiro atoms. The number of hydrogen-bond donors (Lipinski definition) is 0. The fraction of sp³-hybridized carbons (Fsp3) is 0.692. The van der Waals surface area contributed by atoms with Crippen LogP contribution in [0.3, 0.4) is 0 Å². The Balaban J connectivity index is 1.71. The minimum Gasteiger partial charge on any atom is -0.493 e. The van der Waals surface area contributed by atoms with E-state index in [0.29, 0.717) is 18.1 Å². The summed E-state index contributed by atoms with van der Waals surface area (Å²) < 4.78 is 26.9. The van der Waals surface area contributed by atoms with Crippen LogP contribution in [0.15, 0.2) is 12.1 Å². The number of esters is 1. The number of fused-ring (bicyclic) bond motifs is 3. The van der Waals surface area contributed by atoms with Crippen LogP contribution in [-0.4, -0.2) is 57.2 Å². The van der Waals surface area contributed by atoms with Gasteiger partial charge in [-0.3, -0.25) is 9.69 Å². The van der Waals surface area contributed by atoms with Crippen LogP contribution in [0.2, 0.25) is 0 Å². The first kappa shape index (κ1) is 26.1. The normalized spacial score (nSPS) is 22.1. The average Bonchev–Trinajstić information content (AvgIpc) is 2.77. The molecule has 2 heterocycles. The number of hydrogen-bond acceptors (Lipinski definition) is 8. The van der Waals surface area contributed by atoms with Crippen molar-refractivity contribution in [1.82, 2.24) is 4.90 Å². The zero-order valence-electron chi connectivity index (χ0n) is 21.3. The second-order valence-corrected chi connectivity index (χ2v) is 10.1. The zero-order valence-corrected chi connectivity index (χ0v) is 21.3. The van der Waals surface area contributed by atoms with Crippen molar-refractivity contribution in [3.05, 3.63) is 23.3 Å². The Morgan fingerprint density at radius 3 is 2.38 bits per heavy atom. The summed E-state index contributed by atoms with van der Waals surface area (Å²) >= 11 is 0. The third kappa shape index (κ3) is 6.56. The summed E-state index contributed by atoms with van der Waals surface area (Å²) in [6, 6.07) is 4.23. The Labute approximate surface area is 202 Å². The van der Waals surface area contributed by atoms with Crippen LogP contribution in [0.5, 0.6) is 11.5 Å². The molecule has 1 saturated heterocycles. The van der Waals surface area contributed by atoms with Crippen molar-refractivity contribution in [1.29, 1.82) is 0 Å². The lowest BCUT2D eigenvalue weighted by atomic mass is 9.79. The van der Waals surface area contributed by atoms with Crippen molar-refractivity contribution in [3.8, 4) is 11.5 Å². The van der Waals surface area contributed by atoms with E-state index in [2.05, 4.69) is 30.9 Å². The molecule has 0 bridgehead atoms. The van der Waals surface area contributed by atoms with Crippen molar-refractivity contribution in [2.24, 2.45) is 17.8 Å². The van der Waals surface area contributed by atoms with Gasteiger partial charge < -0.3 is 23.7 Å². The molecule has 1 aromatic rings. The van der Waals surface area contributed by atoms with Gasteiger partial charge in [-0.25, -0.2) is 4.79 Å². The lowest BCUT2D eigenvalue weighted by molar-refractivity contribution is -0.155. The molecule has 1 fully saturated rings. The number of nitrogens with zero attached hydrogens (tertiary/aromatic N) is 1. The highest BCUT2D eigenvalue weighted by Gasteiger charge is 2.41. The summed E-state index contributed by atoms with van der Waals surface area (Å²) in [6.45, 7) is 9.57. The van der Waals surface area contributed by atoms with E-state index >= 15 is 0 Å². The highest BCUT2D eigenvalue weighted by molar-refractivity contribution is 5.69. The summed E-state index contributed by atoms with van der Waals surface area (Å²) in [5.74, 6) is 1.89. The van der Waals surface area contributed by atoms with Crippen LogP contribution in [0, 0.1) is 17.8 Å². The number of ether oxygens (including phenoxy) is 5. The molecule has 0 amide bonds. The van der Waals surface area contributed by atoms with E-state index in [1.54, 1.807) is 14.2 Å². The third-order valence-corrected chi connectivity index (χ3v) is 6.56. The summed E-state index contributed by atoms with van der Waals surface area (Å²) in [5.41, 5.74) is 2.43. The van der Waals surface area contributed by atoms with Crippen LogP contribution in [0.1, 0.15) is 64.1 Å². The van der Waals surface area contributed by atoms with Gasteiger partial charge in [0.05, 0.1) is 14.2 Å². The quantitative estimate of drug-likeness (QED) is 0.373. The molecule has 34 heavy (non-hydrogen) atoms. The van der Waals surface area contributed by atoms with Crippen molar-refractivity contribution in [2.75, 3.05) is 34.1 Å². The first-order valence-corrected chi connectivity index (χ1v) is 12.2. The molecule has 8 nitrogen and oxygen atoms in total. The second-order valence-electron chi connectivity index (χ2n) is 10.1. The van der Waals surface area contributed by atoms with Crippen molar-refractivity contribution >= 4 is 12.1 Å². The van der Waals surface area contributed by atoms with Gasteiger partial charge in [0, 0.05) is 37.9 Å². The summed E-state index contributed by atoms with van der Waals surface area (Å²) in [5, 5.41) is 0. The molecule has 0 aliphatic carbocycles. The fourth-order valence-corrected chi connectivity index (χ4v) is 5.08. The Hall–Kier alpha value is -2.48. The Morgan fingerprint density at radius 2 is 1.74 bits per heavy atom. The first-order valence-electron chi connectivity index (χ1n) is 12.2.